The summed E-state index contributed by atoms with van der Waals surface area (Å²) in [6.45, 7) is 2.70. The summed E-state index contributed by atoms with van der Waals surface area (Å²) in [4.78, 5) is 18.8. The Morgan fingerprint density at radius 3 is 2.76 bits per heavy atom. The van der Waals surface area contributed by atoms with E-state index in [2.05, 4.69) is 4.98 Å². The molecule has 0 amide bonds. The predicted octanol–water partition coefficient (Wildman–Crippen LogP) is 4.08. The van der Waals surface area contributed by atoms with Crippen molar-refractivity contribution in [3.8, 4) is 0 Å². The summed E-state index contributed by atoms with van der Waals surface area (Å²) < 4.78 is 0.748. The van der Waals surface area contributed by atoms with E-state index in [9.17, 15) is 9.90 Å². The highest BCUT2D eigenvalue weighted by Crippen LogP contribution is 2.24. The topological polar surface area (TPSA) is 53.4 Å². The Morgan fingerprint density at radius 2 is 2.19 bits per heavy atom. The van der Waals surface area contributed by atoms with Crippen molar-refractivity contribution in [3.63, 3.8) is 0 Å². The lowest BCUT2D eigenvalue weighted by atomic mass is 10.1. The van der Waals surface area contributed by atoms with E-state index in [4.69, 9.17) is 11.6 Å². The normalized spacial score (nSPS) is 10.6. The van der Waals surface area contributed by atoms with Gasteiger partial charge < -0.3 is 10.0 Å². The number of carboxylic acids is 1. The maximum Gasteiger partial charge on any atom is 0.335 e. The van der Waals surface area contributed by atoms with Gasteiger partial charge in [-0.3, -0.25) is 0 Å². The minimum atomic E-state index is -0.927. The van der Waals surface area contributed by atoms with Crippen molar-refractivity contribution in [2.75, 3.05) is 11.9 Å². The fourth-order valence-electron chi connectivity index (χ4n) is 2.03. The molecule has 2 aromatic heterocycles. The SMILES string of the molecule is CCCc1cc(C(=O)O)cc(N(C)Cc2ccc(Cl)s2)n1. The molecule has 0 aliphatic heterocycles. The molecular weight excluding hydrogens is 308 g/mol. The number of nitrogens with zero attached hydrogens (tertiary/aromatic N) is 2. The number of carbonyl (C=O) groups is 1. The molecule has 2 aromatic rings. The van der Waals surface area contributed by atoms with E-state index in [0.29, 0.717) is 12.4 Å². The first kappa shape index (κ1) is 15.8. The minimum Gasteiger partial charge on any atom is -0.478 e. The molecule has 112 valence electrons. The Kier molecular flexibility index (Phi) is 5.20. The lowest BCUT2D eigenvalue weighted by Gasteiger charge is -2.18. The molecule has 0 aromatic carbocycles. The lowest BCUT2D eigenvalue weighted by Crippen LogP contribution is -2.18. The van der Waals surface area contributed by atoms with Crippen LogP contribution in [0.25, 0.3) is 0 Å². The average molecular weight is 325 g/mol. The van der Waals surface area contributed by atoms with Crippen LogP contribution < -0.4 is 4.90 Å². The number of aryl methyl sites for hydroxylation is 1. The Morgan fingerprint density at radius 1 is 1.43 bits per heavy atom. The summed E-state index contributed by atoms with van der Waals surface area (Å²) in [6, 6.07) is 7.08. The quantitative estimate of drug-likeness (QED) is 0.869. The van der Waals surface area contributed by atoms with Crippen LogP contribution in [-0.2, 0) is 13.0 Å². The third-order valence-electron chi connectivity index (χ3n) is 3.03. The molecule has 2 heterocycles. The summed E-state index contributed by atoms with van der Waals surface area (Å²) in [7, 11) is 1.90. The first-order valence-electron chi connectivity index (χ1n) is 6.69. The molecular formula is C15H17ClN2O2S. The zero-order valence-corrected chi connectivity index (χ0v) is 13.5. The minimum absolute atomic E-state index is 0.277. The smallest absolute Gasteiger partial charge is 0.335 e. The first-order chi connectivity index (χ1) is 9.99. The molecule has 0 aliphatic rings. The van der Waals surface area contributed by atoms with E-state index in [1.54, 1.807) is 12.1 Å². The van der Waals surface area contributed by atoms with Gasteiger partial charge in [0.05, 0.1) is 16.4 Å². The van der Waals surface area contributed by atoms with Crippen LogP contribution in [-0.4, -0.2) is 23.1 Å². The van der Waals surface area contributed by atoms with E-state index >= 15 is 0 Å². The highest BCUT2D eigenvalue weighted by molar-refractivity contribution is 7.16. The molecule has 0 fully saturated rings. The second-order valence-electron chi connectivity index (χ2n) is 4.82. The van der Waals surface area contributed by atoms with Crippen LogP contribution in [0.3, 0.4) is 0 Å². The number of hydrogen-bond acceptors (Lipinski definition) is 4. The van der Waals surface area contributed by atoms with Crippen LogP contribution in [0.5, 0.6) is 0 Å². The molecule has 4 nitrogen and oxygen atoms in total. The van der Waals surface area contributed by atoms with Gasteiger partial charge in [0.15, 0.2) is 0 Å². The van der Waals surface area contributed by atoms with E-state index < -0.39 is 5.97 Å². The largest absolute Gasteiger partial charge is 0.478 e. The molecule has 0 saturated carbocycles. The number of thiophene rings is 1. The lowest BCUT2D eigenvalue weighted by molar-refractivity contribution is 0.0696. The Labute approximate surface area is 133 Å². The van der Waals surface area contributed by atoms with Gasteiger partial charge in [-0.05, 0) is 30.7 Å². The van der Waals surface area contributed by atoms with Gasteiger partial charge >= 0.3 is 5.97 Å². The number of pyridine rings is 1. The van der Waals surface area contributed by atoms with E-state index in [-0.39, 0.29) is 5.56 Å². The van der Waals surface area contributed by atoms with Crippen LogP contribution in [0, 0.1) is 0 Å². The van der Waals surface area contributed by atoms with Crippen LogP contribution in [0.1, 0.15) is 34.3 Å². The molecule has 1 N–H and O–H groups in total. The molecule has 0 radical (unpaired) electrons. The second-order valence-corrected chi connectivity index (χ2v) is 6.62. The van der Waals surface area contributed by atoms with Gasteiger partial charge in [-0.2, -0.15) is 0 Å². The van der Waals surface area contributed by atoms with Crippen molar-refractivity contribution in [3.05, 3.63) is 44.7 Å². The molecule has 0 aliphatic carbocycles. The van der Waals surface area contributed by atoms with Crippen molar-refractivity contribution < 1.29 is 9.90 Å². The number of halogens is 1. The summed E-state index contributed by atoms with van der Waals surface area (Å²) in [5, 5.41) is 9.22. The Balaban J connectivity index is 2.26. The zero-order chi connectivity index (χ0) is 15.4. The Hall–Kier alpha value is -1.59. The second kappa shape index (κ2) is 6.91. The van der Waals surface area contributed by atoms with Crippen LogP contribution in [0.15, 0.2) is 24.3 Å². The van der Waals surface area contributed by atoms with E-state index in [1.165, 1.54) is 11.3 Å². The summed E-state index contributed by atoms with van der Waals surface area (Å²) in [5.41, 5.74) is 1.09. The van der Waals surface area contributed by atoms with Crippen molar-refractivity contribution in [1.82, 2.24) is 4.98 Å². The number of hydrogen-bond donors (Lipinski definition) is 1. The van der Waals surface area contributed by atoms with Gasteiger partial charge in [0.1, 0.15) is 5.82 Å². The van der Waals surface area contributed by atoms with E-state index in [1.807, 2.05) is 31.0 Å². The van der Waals surface area contributed by atoms with Crippen molar-refractivity contribution in [1.29, 1.82) is 0 Å². The predicted molar refractivity (Wildman–Crippen MR) is 86.6 cm³/mol. The van der Waals surface area contributed by atoms with Crippen molar-refractivity contribution >= 4 is 34.7 Å². The van der Waals surface area contributed by atoms with Gasteiger partial charge in [0.2, 0.25) is 0 Å². The highest BCUT2D eigenvalue weighted by atomic mass is 35.5. The number of rotatable bonds is 6. The molecule has 0 unspecified atom stereocenters. The van der Waals surface area contributed by atoms with Gasteiger partial charge in [-0.15, -0.1) is 11.3 Å². The Bertz CT molecular complexity index is 642. The summed E-state index contributed by atoms with van der Waals surface area (Å²) in [6.07, 6.45) is 1.70. The summed E-state index contributed by atoms with van der Waals surface area (Å²) >= 11 is 7.45. The standard InChI is InChI=1S/C15H17ClN2O2S/c1-3-4-11-7-10(15(19)20)8-14(17-11)18(2)9-12-5-6-13(16)21-12/h5-8H,3-4,9H2,1-2H3,(H,19,20). The molecule has 0 spiro atoms. The molecule has 0 atom stereocenters. The van der Waals surface area contributed by atoms with Crippen molar-refractivity contribution in [2.45, 2.75) is 26.3 Å². The van der Waals surface area contributed by atoms with Gasteiger partial charge in [0.25, 0.3) is 0 Å². The number of aromatic carboxylic acids is 1. The fraction of sp³-hybridized carbons (Fsp3) is 0.333. The molecule has 6 heteroatoms. The third kappa shape index (κ3) is 4.19. The summed E-state index contributed by atoms with van der Waals surface area (Å²) in [5.74, 6) is -0.258. The van der Waals surface area contributed by atoms with Gasteiger partial charge in [-0.1, -0.05) is 24.9 Å². The number of carboxylic acid groups (broad SMARTS) is 1. The maximum absolute atomic E-state index is 11.2. The fourth-order valence-corrected chi connectivity index (χ4v) is 3.17. The monoisotopic (exact) mass is 324 g/mol. The molecule has 2 rings (SSSR count). The average Bonchev–Trinajstić information content (AvgIpc) is 2.84. The van der Waals surface area contributed by atoms with Gasteiger partial charge in [0, 0.05) is 17.6 Å². The molecule has 0 bridgehead atoms. The van der Waals surface area contributed by atoms with Crippen LogP contribution in [0.2, 0.25) is 4.34 Å². The maximum atomic E-state index is 11.2. The van der Waals surface area contributed by atoms with Crippen LogP contribution in [0.4, 0.5) is 5.82 Å². The molecule has 0 saturated heterocycles. The third-order valence-corrected chi connectivity index (χ3v) is 4.25. The highest BCUT2D eigenvalue weighted by Gasteiger charge is 2.12. The zero-order valence-electron chi connectivity index (χ0n) is 12.0. The van der Waals surface area contributed by atoms with E-state index in [0.717, 1.165) is 27.7 Å². The van der Waals surface area contributed by atoms with Crippen molar-refractivity contribution in [2.24, 2.45) is 0 Å². The molecule has 21 heavy (non-hydrogen) atoms. The van der Waals surface area contributed by atoms with Gasteiger partial charge in [-0.25, -0.2) is 9.78 Å². The number of anilines is 1. The van der Waals surface area contributed by atoms with Crippen LogP contribution >= 0.6 is 22.9 Å². The number of aromatic nitrogens is 1. The first-order valence-corrected chi connectivity index (χ1v) is 7.88.